The number of nitrogens with zero attached hydrogens (tertiary/aromatic N) is 1. The molecule has 0 saturated carbocycles. The minimum Gasteiger partial charge on any atom is -0.403 e. The molecule has 0 amide bonds. The van der Waals surface area contributed by atoms with Gasteiger partial charge in [0.15, 0.2) is 0 Å². The Balaban J connectivity index is 2.34. The first-order valence-electron chi connectivity index (χ1n) is 8.42. The number of hydrogen-bond donors (Lipinski definition) is 0. The second-order valence-corrected chi connectivity index (χ2v) is 9.38. The second kappa shape index (κ2) is 6.03. The summed E-state index contributed by atoms with van der Waals surface area (Å²) in [5.41, 5.74) is 5.38. The van der Waals surface area contributed by atoms with Crippen molar-refractivity contribution in [1.29, 1.82) is 0 Å². The summed E-state index contributed by atoms with van der Waals surface area (Å²) in [7, 11) is 0. The monoisotopic (exact) mass is 376 g/mol. The minimum absolute atomic E-state index is 0.0210. The topological polar surface area (TPSA) is 17.0 Å². The maximum absolute atomic E-state index is 6.21. The molecule has 1 aromatic heterocycles. The molecule has 2 nitrogen and oxygen atoms in total. The second-order valence-electron chi connectivity index (χ2n) is 8.56. The highest BCUT2D eigenvalue weighted by Gasteiger charge is 2.29. The van der Waals surface area contributed by atoms with Crippen LogP contribution < -0.4 is 4.57 Å². The van der Waals surface area contributed by atoms with Gasteiger partial charge in [0.1, 0.15) is 0 Å². The van der Waals surface area contributed by atoms with Gasteiger partial charge in [-0.15, -0.1) is 4.57 Å². The van der Waals surface area contributed by atoms with Crippen molar-refractivity contribution >= 4 is 34.3 Å². The largest absolute Gasteiger partial charge is 0.403 e. The van der Waals surface area contributed by atoms with Crippen molar-refractivity contribution in [3.8, 4) is 5.69 Å². The van der Waals surface area contributed by atoms with Gasteiger partial charge in [-0.2, -0.15) is 0 Å². The van der Waals surface area contributed by atoms with E-state index < -0.39 is 0 Å². The minimum atomic E-state index is -0.0210. The molecule has 0 aliphatic heterocycles. The predicted molar refractivity (Wildman–Crippen MR) is 105 cm³/mol. The molecule has 0 N–H and O–H groups in total. The highest BCUT2D eigenvalue weighted by molar-refractivity contribution is 6.42. The fourth-order valence-electron chi connectivity index (χ4n) is 2.90. The van der Waals surface area contributed by atoms with Crippen molar-refractivity contribution in [2.75, 3.05) is 0 Å². The molecule has 0 unspecified atom stereocenters. The maximum atomic E-state index is 6.21. The zero-order chi connectivity index (χ0) is 18.6. The molecule has 132 valence electrons. The molecule has 0 saturated heterocycles. The number of oxazole rings is 1. The van der Waals surface area contributed by atoms with Gasteiger partial charge in [0.2, 0.25) is 11.3 Å². The van der Waals surface area contributed by atoms with Crippen molar-refractivity contribution in [3.05, 3.63) is 57.9 Å². The Morgan fingerprint density at radius 2 is 1.52 bits per heavy atom. The van der Waals surface area contributed by atoms with Crippen LogP contribution in [0.5, 0.6) is 0 Å². The molecule has 0 aliphatic rings. The predicted octanol–water partition coefficient (Wildman–Crippen LogP) is 6.61. The average molecular weight is 377 g/mol. The lowest BCUT2D eigenvalue weighted by atomic mass is 9.80. The van der Waals surface area contributed by atoms with Crippen molar-refractivity contribution in [2.24, 2.45) is 0 Å². The number of fused-ring (bicyclic) bond motifs is 1. The number of halogens is 2. The summed E-state index contributed by atoms with van der Waals surface area (Å²) in [4.78, 5) is 0. The zero-order valence-electron chi connectivity index (χ0n) is 15.6. The fraction of sp³-hybridized carbons (Fsp3) is 0.381. The Bertz CT molecular complexity index is 943. The SMILES string of the molecule is CC(C)(C)c1cc(C(C)(C)C)c2oc[n+](-c3ccc(Cl)c(Cl)c3)c2c1. The smallest absolute Gasteiger partial charge is 0.341 e. The summed E-state index contributed by atoms with van der Waals surface area (Å²) in [5.74, 6) is 0. The highest BCUT2D eigenvalue weighted by atomic mass is 35.5. The molecule has 25 heavy (non-hydrogen) atoms. The van der Waals surface area contributed by atoms with Gasteiger partial charge in [-0.1, -0.05) is 70.8 Å². The van der Waals surface area contributed by atoms with E-state index in [0.29, 0.717) is 10.0 Å². The Hall–Kier alpha value is -1.51. The highest BCUT2D eigenvalue weighted by Crippen LogP contribution is 2.35. The van der Waals surface area contributed by atoms with E-state index in [0.717, 1.165) is 16.8 Å². The van der Waals surface area contributed by atoms with Crippen molar-refractivity contribution in [3.63, 3.8) is 0 Å². The first-order valence-corrected chi connectivity index (χ1v) is 9.17. The molecular weight excluding hydrogens is 353 g/mol. The van der Waals surface area contributed by atoms with Crippen LogP contribution in [-0.2, 0) is 10.8 Å². The molecule has 2 aromatic carbocycles. The van der Waals surface area contributed by atoms with Crippen LogP contribution in [0.15, 0.2) is 41.1 Å². The maximum Gasteiger partial charge on any atom is 0.341 e. The molecule has 0 fully saturated rings. The van der Waals surface area contributed by atoms with Gasteiger partial charge in [-0.05, 0) is 22.5 Å². The van der Waals surface area contributed by atoms with E-state index >= 15 is 0 Å². The molecule has 3 rings (SSSR count). The van der Waals surface area contributed by atoms with E-state index in [-0.39, 0.29) is 10.8 Å². The van der Waals surface area contributed by atoms with Gasteiger partial charge in [0.05, 0.1) is 10.0 Å². The zero-order valence-corrected chi connectivity index (χ0v) is 17.1. The molecule has 0 atom stereocenters. The Morgan fingerprint density at radius 3 is 2.08 bits per heavy atom. The Kier molecular flexibility index (Phi) is 4.41. The lowest BCUT2D eigenvalue weighted by molar-refractivity contribution is -0.573. The average Bonchev–Trinajstić information content (AvgIpc) is 2.91. The number of aromatic nitrogens is 1. The third-order valence-corrected chi connectivity index (χ3v) is 5.20. The van der Waals surface area contributed by atoms with Gasteiger partial charge < -0.3 is 4.42 Å². The van der Waals surface area contributed by atoms with Crippen LogP contribution in [0.4, 0.5) is 0 Å². The Labute approximate surface area is 159 Å². The summed E-state index contributed by atoms with van der Waals surface area (Å²) < 4.78 is 8.02. The first-order chi connectivity index (χ1) is 11.5. The lowest BCUT2D eigenvalue weighted by Gasteiger charge is -2.24. The summed E-state index contributed by atoms with van der Waals surface area (Å²) in [6.45, 7) is 13.3. The number of rotatable bonds is 1. The number of hydrogen-bond acceptors (Lipinski definition) is 1. The van der Waals surface area contributed by atoms with Crippen molar-refractivity contribution in [1.82, 2.24) is 0 Å². The van der Waals surface area contributed by atoms with Crippen molar-refractivity contribution in [2.45, 2.75) is 52.4 Å². The van der Waals surface area contributed by atoms with Crippen LogP contribution in [0.2, 0.25) is 10.0 Å². The van der Waals surface area contributed by atoms with E-state index in [9.17, 15) is 0 Å². The van der Waals surface area contributed by atoms with E-state index in [2.05, 4.69) is 53.7 Å². The summed E-state index contributed by atoms with van der Waals surface area (Å²) >= 11 is 12.3. The molecule has 0 radical (unpaired) electrons. The van der Waals surface area contributed by atoms with Crippen LogP contribution in [0.3, 0.4) is 0 Å². The third-order valence-electron chi connectivity index (χ3n) is 4.46. The summed E-state index contributed by atoms with van der Waals surface area (Å²) in [6.07, 6.45) is 1.74. The summed E-state index contributed by atoms with van der Waals surface area (Å²) in [5, 5.41) is 1.08. The molecule has 4 heteroatoms. The van der Waals surface area contributed by atoms with Gasteiger partial charge in [-0.25, -0.2) is 0 Å². The van der Waals surface area contributed by atoms with Crippen LogP contribution in [0.1, 0.15) is 52.7 Å². The lowest BCUT2D eigenvalue weighted by Crippen LogP contribution is -2.29. The van der Waals surface area contributed by atoms with Crippen LogP contribution in [0.25, 0.3) is 16.8 Å². The van der Waals surface area contributed by atoms with Crippen molar-refractivity contribution < 1.29 is 8.98 Å². The molecule has 1 heterocycles. The van der Waals surface area contributed by atoms with Gasteiger partial charge in [0.25, 0.3) is 5.52 Å². The van der Waals surface area contributed by atoms with Gasteiger partial charge in [-0.3, -0.25) is 0 Å². The van der Waals surface area contributed by atoms with E-state index in [1.807, 2.05) is 22.8 Å². The van der Waals surface area contributed by atoms with Crippen LogP contribution in [0, 0.1) is 0 Å². The van der Waals surface area contributed by atoms with Gasteiger partial charge in [0, 0.05) is 23.8 Å². The van der Waals surface area contributed by atoms with Crippen LogP contribution >= 0.6 is 23.2 Å². The standard InChI is InChI=1S/C21H24Cl2NO/c1-20(2,3)13-9-15(21(4,5)6)19-18(10-13)24(12-25-19)14-7-8-16(22)17(23)11-14/h7-12H,1-6H3/q+1. The molecule has 0 bridgehead atoms. The first kappa shape index (κ1) is 18.3. The van der Waals surface area contributed by atoms with E-state index in [1.165, 1.54) is 11.1 Å². The molecule has 3 aromatic rings. The molecular formula is C21H24Cl2NO+. The summed E-state index contributed by atoms with van der Waals surface area (Å²) in [6, 6.07) is 10.1. The van der Waals surface area contributed by atoms with E-state index in [4.69, 9.17) is 27.6 Å². The normalized spacial score (nSPS) is 12.8. The number of benzene rings is 2. The van der Waals surface area contributed by atoms with Crippen LogP contribution in [-0.4, -0.2) is 0 Å². The Morgan fingerprint density at radius 1 is 0.840 bits per heavy atom. The van der Waals surface area contributed by atoms with E-state index in [1.54, 1.807) is 6.39 Å². The van der Waals surface area contributed by atoms with Gasteiger partial charge >= 0.3 is 6.39 Å². The quantitative estimate of drug-likeness (QED) is 0.436. The molecule has 0 aliphatic carbocycles. The fourth-order valence-corrected chi connectivity index (χ4v) is 3.20. The third kappa shape index (κ3) is 3.43. The molecule has 0 spiro atoms.